The molecule has 0 unspecified atom stereocenters. The van der Waals surface area contributed by atoms with Crippen LogP contribution in [-0.2, 0) is 6.42 Å². The van der Waals surface area contributed by atoms with Crippen LogP contribution >= 0.6 is 0 Å². The van der Waals surface area contributed by atoms with E-state index in [1.54, 1.807) is 0 Å². The largest absolute Gasteiger partial charge is 0.487 e. The molecule has 0 fully saturated rings. The second-order valence-corrected chi connectivity index (χ2v) is 4.75. The van der Waals surface area contributed by atoms with Gasteiger partial charge in [-0.2, -0.15) is 0 Å². The van der Waals surface area contributed by atoms with Gasteiger partial charge in [-0.25, -0.2) is 0 Å². The highest BCUT2D eigenvalue weighted by Gasteiger charge is 2.32. The molecule has 0 atom stereocenters. The van der Waals surface area contributed by atoms with Crippen LogP contribution in [-0.4, -0.2) is 5.60 Å². The van der Waals surface area contributed by atoms with Gasteiger partial charge in [0.15, 0.2) is 0 Å². The lowest BCUT2D eigenvalue weighted by atomic mass is 9.95. The lowest BCUT2D eigenvalue weighted by Crippen LogP contribution is -2.24. The van der Waals surface area contributed by atoms with E-state index in [0.717, 1.165) is 23.4 Å². The molecule has 0 radical (unpaired) electrons. The van der Waals surface area contributed by atoms with Crippen molar-refractivity contribution in [3.8, 4) is 5.75 Å². The van der Waals surface area contributed by atoms with Gasteiger partial charge in [-0.15, -0.1) is 0 Å². The number of nitrogens with two attached hydrogens (primary N) is 1. The van der Waals surface area contributed by atoms with Crippen molar-refractivity contribution in [2.75, 3.05) is 5.73 Å². The van der Waals surface area contributed by atoms with E-state index in [0.29, 0.717) is 0 Å². The Labute approximate surface area is 85.1 Å². The van der Waals surface area contributed by atoms with E-state index < -0.39 is 0 Å². The van der Waals surface area contributed by atoms with Crippen LogP contribution in [0, 0.1) is 13.8 Å². The third-order valence-corrected chi connectivity index (χ3v) is 2.87. The van der Waals surface area contributed by atoms with Crippen molar-refractivity contribution in [1.82, 2.24) is 0 Å². The molecule has 0 spiro atoms. The molecule has 2 heteroatoms. The molecule has 1 aromatic carbocycles. The van der Waals surface area contributed by atoms with Gasteiger partial charge in [-0.05, 0) is 44.9 Å². The molecule has 2 rings (SSSR count). The molecule has 1 aliphatic heterocycles. The summed E-state index contributed by atoms with van der Waals surface area (Å²) in [5.74, 6) is 1.04. The highest BCUT2D eigenvalue weighted by Crippen LogP contribution is 2.41. The SMILES string of the molecule is Cc1cc(N)c(C)c2c1OC(C)(C)C2. The van der Waals surface area contributed by atoms with Crippen LogP contribution in [0.2, 0.25) is 0 Å². The van der Waals surface area contributed by atoms with E-state index in [-0.39, 0.29) is 5.60 Å². The summed E-state index contributed by atoms with van der Waals surface area (Å²) in [5, 5.41) is 0. The van der Waals surface area contributed by atoms with E-state index in [2.05, 4.69) is 27.7 Å². The fourth-order valence-corrected chi connectivity index (χ4v) is 2.08. The van der Waals surface area contributed by atoms with Gasteiger partial charge in [0, 0.05) is 17.7 Å². The first-order chi connectivity index (χ1) is 6.41. The third kappa shape index (κ3) is 1.26. The molecule has 14 heavy (non-hydrogen) atoms. The zero-order chi connectivity index (χ0) is 10.5. The Bertz CT molecular complexity index is 394. The van der Waals surface area contributed by atoms with Gasteiger partial charge in [-0.3, -0.25) is 0 Å². The van der Waals surface area contributed by atoms with E-state index >= 15 is 0 Å². The number of anilines is 1. The van der Waals surface area contributed by atoms with Gasteiger partial charge in [0.2, 0.25) is 0 Å². The van der Waals surface area contributed by atoms with Crippen LogP contribution in [0.25, 0.3) is 0 Å². The molecule has 0 aromatic heterocycles. The van der Waals surface area contributed by atoms with Crippen LogP contribution in [0.4, 0.5) is 5.69 Å². The molecule has 76 valence electrons. The summed E-state index contributed by atoms with van der Waals surface area (Å²) in [6, 6.07) is 2.00. The molecule has 0 bridgehead atoms. The Morgan fingerprint density at radius 3 is 2.64 bits per heavy atom. The minimum Gasteiger partial charge on any atom is -0.487 e. The number of aryl methyl sites for hydroxylation is 1. The van der Waals surface area contributed by atoms with Crippen molar-refractivity contribution in [3.63, 3.8) is 0 Å². The molecule has 1 heterocycles. The third-order valence-electron chi connectivity index (χ3n) is 2.87. The monoisotopic (exact) mass is 191 g/mol. The van der Waals surface area contributed by atoms with Gasteiger partial charge < -0.3 is 10.5 Å². The van der Waals surface area contributed by atoms with E-state index in [9.17, 15) is 0 Å². The quantitative estimate of drug-likeness (QED) is 0.640. The Kier molecular flexibility index (Phi) is 1.78. The van der Waals surface area contributed by atoms with E-state index in [1.165, 1.54) is 11.1 Å². The number of benzene rings is 1. The topological polar surface area (TPSA) is 35.2 Å². The van der Waals surface area contributed by atoms with Crippen molar-refractivity contribution in [2.45, 2.75) is 39.7 Å². The number of ether oxygens (including phenoxy) is 1. The van der Waals surface area contributed by atoms with Gasteiger partial charge in [-0.1, -0.05) is 0 Å². The van der Waals surface area contributed by atoms with E-state index in [4.69, 9.17) is 10.5 Å². The van der Waals surface area contributed by atoms with Gasteiger partial charge in [0.25, 0.3) is 0 Å². The zero-order valence-corrected chi connectivity index (χ0v) is 9.27. The Hall–Kier alpha value is -1.18. The average molecular weight is 191 g/mol. The molecule has 0 saturated carbocycles. The second kappa shape index (κ2) is 2.66. The summed E-state index contributed by atoms with van der Waals surface area (Å²) in [6.07, 6.45) is 0.958. The van der Waals surface area contributed by atoms with Crippen molar-refractivity contribution >= 4 is 5.69 Å². The minimum absolute atomic E-state index is 0.0777. The molecular weight excluding hydrogens is 174 g/mol. The molecule has 0 aliphatic carbocycles. The zero-order valence-electron chi connectivity index (χ0n) is 9.27. The number of hydrogen-bond acceptors (Lipinski definition) is 2. The van der Waals surface area contributed by atoms with Gasteiger partial charge >= 0.3 is 0 Å². The van der Waals surface area contributed by atoms with E-state index in [1.807, 2.05) is 6.07 Å². The van der Waals surface area contributed by atoms with Crippen molar-refractivity contribution in [1.29, 1.82) is 0 Å². The van der Waals surface area contributed by atoms with Gasteiger partial charge in [0.05, 0.1) is 0 Å². The maximum atomic E-state index is 5.93. The highest BCUT2D eigenvalue weighted by atomic mass is 16.5. The maximum absolute atomic E-state index is 5.93. The second-order valence-electron chi connectivity index (χ2n) is 4.75. The lowest BCUT2D eigenvalue weighted by molar-refractivity contribution is 0.137. The van der Waals surface area contributed by atoms with Crippen LogP contribution in [0.1, 0.15) is 30.5 Å². The standard InChI is InChI=1S/C12H17NO/c1-7-5-10(13)8(2)9-6-12(3,4)14-11(7)9/h5H,6,13H2,1-4H3. The minimum atomic E-state index is -0.0777. The summed E-state index contributed by atoms with van der Waals surface area (Å²) >= 11 is 0. The molecule has 0 saturated heterocycles. The number of nitrogen functional groups attached to an aromatic ring is 1. The molecule has 0 amide bonds. The summed E-state index contributed by atoms with van der Waals surface area (Å²) in [5.41, 5.74) is 10.3. The number of fused-ring (bicyclic) bond motifs is 1. The highest BCUT2D eigenvalue weighted by molar-refractivity contribution is 5.61. The molecule has 1 aromatic rings. The molecular formula is C12H17NO. The summed E-state index contributed by atoms with van der Waals surface area (Å²) in [6.45, 7) is 8.35. The molecule has 1 aliphatic rings. The normalized spacial score (nSPS) is 17.7. The summed E-state index contributed by atoms with van der Waals surface area (Å²) in [7, 11) is 0. The number of rotatable bonds is 0. The molecule has 2 N–H and O–H groups in total. The Morgan fingerprint density at radius 2 is 2.00 bits per heavy atom. The summed E-state index contributed by atoms with van der Waals surface area (Å²) in [4.78, 5) is 0. The predicted molar refractivity (Wildman–Crippen MR) is 58.7 cm³/mol. The van der Waals surface area contributed by atoms with Crippen molar-refractivity contribution in [2.24, 2.45) is 0 Å². The average Bonchev–Trinajstić information content (AvgIpc) is 2.38. The Morgan fingerprint density at radius 1 is 1.36 bits per heavy atom. The van der Waals surface area contributed by atoms with Crippen LogP contribution in [0.15, 0.2) is 6.07 Å². The van der Waals surface area contributed by atoms with Crippen LogP contribution in [0.5, 0.6) is 5.75 Å². The van der Waals surface area contributed by atoms with Crippen molar-refractivity contribution < 1.29 is 4.74 Å². The number of hydrogen-bond donors (Lipinski definition) is 1. The van der Waals surface area contributed by atoms with Crippen LogP contribution in [0.3, 0.4) is 0 Å². The predicted octanol–water partition coefficient (Wildman–Crippen LogP) is 2.60. The summed E-state index contributed by atoms with van der Waals surface area (Å²) < 4.78 is 5.91. The fraction of sp³-hybridized carbons (Fsp3) is 0.500. The first-order valence-corrected chi connectivity index (χ1v) is 4.98. The fourth-order valence-electron chi connectivity index (χ4n) is 2.08. The van der Waals surface area contributed by atoms with Gasteiger partial charge in [0.1, 0.15) is 11.4 Å². The smallest absolute Gasteiger partial charge is 0.126 e. The Balaban J connectivity index is 2.61. The first kappa shape index (κ1) is 9.38. The van der Waals surface area contributed by atoms with Crippen molar-refractivity contribution in [3.05, 3.63) is 22.8 Å². The lowest BCUT2D eigenvalue weighted by Gasteiger charge is -2.17. The first-order valence-electron chi connectivity index (χ1n) is 4.98. The molecule has 2 nitrogen and oxygen atoms in total. The maximum Gasteiger partial charge on any atom is 0.126 e. The van der Waals surface area contributed by atoms with Crippen LogP contribution < -0.4 is 10.5 Å².